The van der Waals surface area contributed by atoms with Crippen molar-refractivity contribution in [3.63, 3.8) is 0 Å². The van der Waals surface area contributed by atoms with Crippen molar-refractivity contribution in [1.29, 1.82) is 0 Å². The molecule has 0 spiro atoms. The molecule has 1 unspecified atom stereocenters. The lowest BCUT2D eigenvalue weighted by atomic mass is 9.98. The number of nitrogens with one attached hydrogen (secondary N) is 2. The molecule has 1 fully saturated rings. The number of rotatable bonds is 10. The Bertz CT molecular complexity index is 1000. The minimum absolute atomic E-state index is 0.00544. The molecular weight excluding hydrogens is 404 g/mol. The lowest BCUT2D eigenvalue weighted by molar-refractivity contribution is -0.118. The second kappa shape index (κ2) is 9.49. The zero-order valence-electron chi connectivity index (χ0n) is 17.5. The molecule has 0 bridgehead atoms. The van der Waals surface area contributed by atoms with E-state index in [0.717, 1.165) is 24.8 Å². The summed E-state index contributed by atoms with van der Waals surface area (Å²) < 4.78 is 38.6. The summed E-state index contributed by atoms with van der Waals surface area (Å²) in [6, 6.07) is 12.0. The second-order valence-corrected chi connectivity index (χ2v) is 9.16. The van der Waals surface area contributed by atoms with E-state index >= 15 is 0 Å². The minimum Gasteiger partial charge on any atom is -0.495 e. The number of hydrogen-bond acceptors (Lipinski definition) is 5. The molecule has 1 saturated carbocycles. The fourth-order valence-corrected chi connectivity index (χ4v) is 4.34. The second-order valence-electron chi connectivity index (χ2n) is 7.44. The van der Waals surface area contributed by atoms with E-state index in [1.165, 1.54) is 25.3 Å². The van der Waals surface area contributed by atoms with Crippen molar-refractivity contribution in [2.24, 2.45) is 0 Å². The maximum absolute atomic E-state index is 12.5. The zero-order valence-corrected chi connectivity index (χ0v) is 18.3. The van der Waals surface area contributed by atoms with Gasteiger partial charge in [-0.1, -0.05) is 32.0 Å². The number of carbonyl (C=O) groups excluding carboxylic acids is 1. The van der Waals surface area contributed by atoms with Gasteiger partial charge >= 0.3 is 0 Å². The van der Waals surface area contributed by atoms with Crippen LogP contribution >= 0.6 is 0 Å². The van der Waals surface area contributed by atoms with Crippen molar-refractivity contribution in [2.75, 3.05) is 19.0 Å². The first-order valence-electron chi connectivity index (χ1n) is 10.1. The van der Waals surface area contributed by atoms with Crippen molar-refractivity contribution in [2.45, 2.75) is 50.0 Å². The molecule has 162 valence electrons. The largest absolute Gasteiger partial charge is 0.495 e. The third kappa shape index (κ3) is 5.52. The van der Waals surface area contributed by atoms with Crippen LogP contribution in [-0.4, -0.2) is 34.1 Å². The van der Waals surface area contributed by atoms with Gasteiger partial charge in [-0.05, 0) is 55.0 Å². The highest BCUT2D eigenvalue weighted by molar-refractivity contribution is 7.89. The van der Waals surface area contributed by atoms with Gasteiger partial charge in [0.05, 0.1) is 17.7 Å². The molecule has 1 amide bonds. The predicted octanol–water partition coefficient (Wildman–Crippen LogP) is 3.67. The molecule has 30 heavy (non-hydrogen) atoms. The number of ether oxygens (including phenoxy) is 2. The van der Waals surface area contributed by atoms with Gasteiger partial charge in [0.2, 0.25) is 10.0 Å². The lowest BCUT2D eigenvalue weighted by Gasteiger charge is -2.16. The molecule has 8 heteroatoms. The Morgan fingerprint density at radius 2 is 1.90 bits per heavy atom. The number of anilines is 1. The van der Waals surface area contributed by atoms with Crippen LogP contribution in [0.15, 0.2) is 47.4 Å². The van der Waals surface area contributed by atoms with E-state index in [1.54, 1.807) is 0 Å². The number of benzene rings is 2. The summed E-state index contributed by atoms with van der Waals surface area (Å²) in [7, 11) is -2.18. The lowest BCUT2D eigenvalue weighted by Crippen LogP contribution is -2.26. The number of carbonyl (C=O) groups is 1. The first-order valence-corrected chi connectivity index (χ1v) is 11.5. The number of amides is 1. The van der Waals surface area contributed by atoms with Gasteiger partial charge in [-0.25, -0.2) is 13.1 Å². The van der Waals surface area contributed by atoms with E-state index in [2.05, 4.69) is 23.9 Å². The SMILES string of the molecule is CCC(C)c1ccccc1OCC(=O)Nc1cc(S(=O)(=O)NC2CC2)ccc1OC. The summed E-state index contributed by atoms with van der Waals surface area (Å²) in [5.74, 6) is 0.940. The molecule has 0 aliphatic heterocycles. The monoisotopic (exact) mass is 432 g/mol. The Labute approximate surface area is 177 Å². The van der Waals surface area contributed by atoms with Gasteiger partial charge in [0, 0.05) is 6.04 Å². The van der Waals surface area contributed by atoms with Gasteiger partial charge in [-0.15, -0.1) is 0 Å². The van der Waals surface area contributed by atoms with E-state index in [4.69, 9.17) is 9.47 Å². The van der Waals surface area contributed by atoms with Gasteiger partial charge < -0.3 is 14.8 Å². The third-order valence-corrected chi connectivity index (χ3v) is 6.59. The topological polar surface area (TPSA) is 93.7 Å². The maximum Gasteiger partial charge on any atom is 0.262 e. The average molecular weight is 433 g/mol. The highest BCUT2D eigenvalue weighted by Crippen LogP contribution is 2.30. The van der Waals surface area contributed by atoms with Crippen LogP contribution in [0, 0.1) is 0 Å². The van der Waals surface area contributed by atoms with Gasteiger partial charge in [0.1, 0.15) is 11.5 Å². The molecule has 1 atom stereocenters. The normalized spacial score (nSPS) is 14.8. The summed E-state index contributed by atoms with van der Waals surface area (Å²) in [4.78, 5) is 12.6. The summed E-state index contributed by atoms with van der Waals surface area (Å²) in [6.07, 6.45) is 2.64. The first-order chi connectivity index (χ1) is 14.3. The molecule has 1 aliphatic carbocycles. The van der Waals surface area contributed by atoms with Crippen molar-refractivity contribution < 1.29 is 22.7 Å². The van der Waals surface area contributed by atoms with Crippen LogP contribution in [0.2, 0.25) is 0 Å². The van der Waals surface area contributed by atoms with Crippen LogP contribution in [0.5, 0.6) is 11.5 Å². The molecule has 0 saturated heterocycles. The average Bonchev–Trinajstić information content (AvgIpc) is 3.55. The summed E-state index contributed by atoms with van der Waals surface area (Å²) in [5, 5.41) is 2.69. The Hall–Kier alpha value is -2.58. The molecule has 0 radical (unpaired) electrons. The van der Waals surface area contributed by atoms with Crippen LogP contribution in [0.1, 0.15) is 44.6 Å². The predicted molar refractivity (Wildman–Crippen MR) is 116 cm³/mol. The van der Waals surface area contributed by atoms with Crippen LogP contribution in [0.3, 0.4) is 0 Å². The molecule has 0 aromatic heterocycles. The zero-order chi connectivity index (χ0) is 21.7. The van der Waals surface area contributed by atoms with Crippen LogP contribution < -0.4 is 19.5 Å². The van der Waals surface area contributed by atoms with Crippen LogP contribution in [0.25, 0.3) is 0 Å². The molecule has 3 rings (SSSR count). The quantitative estimate of drug-likeness (QED) is 0.598. The summed E-state index contributed by atoms with van der Waals surface area (Å²) in [6.45, 7) is 4.00. The number of hydrogen-bond donors (Lipinski definition) is 2. The first kappa shape index (κ1) is 22.1. The van der Waals surface area contributed by atoms with Crippen molar-refractivity contribution in [1.82, 2.24) is 4.72 Å². The van der Waals surface area contributed by atoms with E-state index in [9.17, 15) is 13.2 Å². The van der Waals surface area contributed by atoms with E-state index in [1.807, 2.05) is 24.3 Å². The standard InChI is InChI=1S/C22H28N2O5S/c1-4-15(2)18-7-5-6-8-20(18)29-14-22(25)23-19-13-17(11-12-21(19)28-3)30(26,27)24-16-9-10-16/h5-8,11-13,15-16,24H,4,9-10,14H2,1-3H3,(H,23,25). The smallest absolute Gasteiger partial charge is 0.262 e. The summed E-state index contributed by atoms with van der Waals surface area (Å²) in [5.41, 5.74) is 1.32. The van der Waals surface area contributed by atoms with Crippen LogP contribution in [0.4, 0.5) is 5.69 Å². The molecule has 2 aromatic carbocycles. The van der Waals surface area contributed by atoms with E-state index in [-0.39, 0.29) is 23.2 Å². The Balaban J connectivity index is 1.71. The molecule has 2 aromatic rings. The van der Waals surface area contributed by atoms with Gasteiger partial charge in [0.15, 0.2) is 6.61 Å². The Kier molecular flexibility index (Phi) is 6.99. The third-order valence-electron chi connectivity index (χ3n) is 5.08. The number of methoxy groups -OCH3 is 1. The number of sulfonamides is 1. The van der Waals surface area contributed by atoms with Gasteiger partial charge in [-0.2, -0.15) is 0 Å². The van der Waals surface area contributed by atoms with E-state index < -0.39 is 15.9 Å². The van der Waals surface area contributed by atoms with Crippen molar-refractivity contribution in [3.8, 4) is 11.5 Å². The molecule has 0 heterocycles. The van der Waals surface area contributed by atoms with Gasteiger partial charge in [-0.3, -0.25) is 4.79 Å². The molecule has 1 aliphatic rings. The maximum atomic E-state index is 12.5. The number of para-hydroxylation sites is 1. The highest BCUT2D eigenvalue weighted by atomic mass is 32.2. The van der Waals surface area contributed by atoms with E-state index in [0.29, 0.717) is 17.4 Å². The fraction of sp³-hybridized carbons (Fsp3) is 0.409. The van der Waals surface area contributed by atoms with Gasteiger partial charge in [0.25, 0.3) is 5.91 Å². The molecular formula is C22H28N2O5S. The Morgan fingerprint density at radius 3 is 2.57 bits per heavy atom. The Morgan fingerprint density at radius 1 is 1.17 bits per heavy atom. The van der Waals surface area contributed by atoms with Crippen molar-refractivity contribution >= 4 is 21.6 Å². The fourth-order valence-electron chi connectivity index (χ4n) is 3.01. The molecule has 7 nitrogen and oxygen atoms in total. The summed E-state index contributed by atoms with van der Waals surface area (Å²) >= 11 is 0. The van der Waals surface area contributed by atoms with Crippen molar-refractivity contribution in [3.05, 3.63) is 48.0 Å². The molecule has 2 N–H and O–H groups in total. The van der Waals surface area contributed by atoms with Crippen LogP contribution in [-0.2, 0) is 14.8 Å². The minimum atomic E-state index is -3.64. The highest BCUT2D eigenvalue weighted by Gasteiger charge is 2.28.